The topological polar surface area (TPSA) is 50.5 Å². The van der Waals surface area contributed by atoms with Crippen molar-refractivity contribution in [2.24, 2.45) is 5.41 Å². The van der Waals surface area contributed by atoms with Crippen molar-refractivity contribution in [1.82, 2.24) is 4.90 Å². The van der Waals surface area contributed by atoms with Crippen LogP contribution in [0.2, 0.25) is 0 Å². The van der Waals surface area contributed by atoms with Crippen LogP contribution in [-0.4, -0.2) is 28.7 Å². The minimum atomic E-state index is -0.0920. The molecule has 1 aromatic rings. The summed E-state index contributed by atoms with van der Waals surface area (Å²) in [7, 11) is 0. The minimum absolute atomic E-state index is 0.0290. The molecule has 1 aromatic heterocycles. The van der Waals surface area contributed by atoms with E-state index < -0.39 is 0 Å². The number of hydrogen-bond acceptors (Lipinski definition) is 3. The molecule has 0 N–H and O–H groups in total. The Balaban J connectivity index is 1.69. The van der Waals surface area contributed by atoms with Gasteiger partial charge in [-0.2, -0.15) is 0 Å². The summed E-state index contributed by atoms with van der Waals surface area (Å²) in [5.74, 6) is 1.32. The smallest absolute Gasteiger partial charge is 0.290 e. The average Bonchev–Trinajstić information content (AvgIpc) is 3.28. The molecule has 26 heavy (non-hydrogen) atoms. The fourth-order valence-corrected chi connectivity index (χ4v) is 5.40. The summed E-state index contributed by atoms with van der Waals surface area (Å²) in [4.78, 5) is 28.3. The molecule has 4 nitrogen and oxygen atoms in total. The zero-order valence-electron chi connectivity index (χ0n) is 16.4. The van der Waals surface area contributed by atoms with Crippen molar-refractivity contribution in [3.05, 3.63) is 22.6 Å². The molecule has 0 bridgehead atoms. The third-order valence-corrected chi connectivity index (χ3v) is 6.64. The van der Waals surface area contributed by atoms with Crippen LogP contribution in [0.4, 0.5) is 0 Å². The first-order chi connectivity index (χ1) is 12.4. The lowest BCUT2D eigenvalue weighted by Gasteiger charge is -2.34. The van der Waals surface area contributed by atoms with E-state index in [1.165, 1.54) is 25.7 Å². The van der Waals surface area contributed by atoms with Crippen LogP contribution in [0.1, 0.15) is 104 Å². The van der Waals surface area contributed by atoms with Crippen molar-refractivity contribution >= 4 is 11.7 Å². The molecule has 2 fully saturated rings. The van der Waals surface area contributed by atoms with Crippen molar-refractivity contribution < 1.29 is 14.0 Å². The van der Waals surface area contributed by atoms with Crippen molar-refractivity contribution in [1.29, 1.82) is 0 Å². The zero-order valence-corrected chi connectivity index (χ0v) is 16.4. The molecule has 142 valence electrons. The molecule has 1 heterocycles. The normalized spacial score (nSPS) is 23.4. The summed E-state index contributed by atoms with van der Waals surface area (Å²) in [6.45, 7) is 6.08. The van der Waals surface area contributed by atoms with Crippen LogP contribution in [0, 0.1) is 12.3 Å². The van der Waals surface area contributed by atoms with Crippen molar-refractivity contribution in [3.8, 4) is 0 Å². The van der Waals surface area contributed by atoms with Crippen LogP contribution in [0.5, 0.6) is 0 Å². The van der Waals surface area contributed by atoms with Gasteiger partial charge in [-0.3, -0.25) is 9.59 Å². The van der Waals surface area contributed by atoms with Crippen LogP contribution in [0.25, 0.3) is 0 Å². The molecule has 0 aliphatic heterocycles. The maximum absolute atomic E-state index is 13.5. The number of rotatable bonds is 3. The first-order valence-electron chi connectivity index (χ1n) is 10.4. The SMILES string of the molecule is Cc1c(C(=O)N(C2CCCC2)C2CCCC2)oc2c1C(=O)CC(C)(C)C2. The Morgan fingerprint density at radius 1 is 1.00 bits per heavy atom. The van der Waals surface area contributed by atoms with Gasteiger partial charge in [0.15, 0.2) is 11.5 Å². The number of furan rings is 1. The van der Waals surface area contributed by atoms with Crippen LogP contribution >= 0.6 is 0 Å². The maximum Gasteiger partial charge on any atom is 0.290 e. The van der Waals surface area contributed by atoms with E-state index in [-0.39, 0.29) is 17.1 Å². The summed E-state index contributed by atoms with van der Waals surface area (Å²) in [6.07, 6.45) is 10.5. The second-order valence-corrected chi connectivity index (χ2v) is 9.38. The number of fused-ring (bicyclic) bond motifs is 1. The fourth-order valence-electron chi connectivity index (χ4n) is 5.40. The highest BCUT2D eigenvalue weighted by atomic mass is 16.4. The highest BCUT2D eigenvalue weighted by molar-refractivity contribution is 6.04. The molecule has 0 unspecified atom stereocenters. The Bertz CT molecular complexity index is 702. The van der Waals surface area contributed by atoms with Crippen molar-refractivity contribution in [2.75, 3.05) is 0 Å². The number of Topliss-reactive ketones (excluding diaryl/α,β-unsaturated/α-hetero) is 1. The van der Waals surface area contributed by atoms with E-state index in [0.29, 0.717) is 29.8 Å². The van der Waals surface area contributed by atoms with Crippen LogP contribution in [0.15, 0.2) is 4.42 Å². The number of carbonyl (C=O) groups is 2. The zero-order chi connectivity index (χ0) is 18.5. The Hall–Kier alpha value is -1.58. The first kappa shape index (κ1) is 17.8. The molecule has 0 spiro atoms. The van der Waals surface area contributed by atoms with E-state index in [2.05, 4.69) is 18.7 Å². The van der Waals surface area contributed by atoms with Gasteiger partial charge in [0.25, 0.3) is 5.91 Å². The molecule has 0 radical (unpaired) electrons. The molecular formula is C22H31NO3. The molecule has 4 heteroatoms. The molecule has 0 saturated heterocycles. The number of hydrogen-bond donors (Lipinski definition) is 0. The highest BCUT2D eigenvalue weighted by Gasteiger charge is 2.40. The number of amides is 1. The van der Waals surface area contributed by atoms with Gasteiger partial charge in [0, 0.05) is 30.5 Å². The lowest BCUT2D eigenvalue weighted by molar-refractivity contribution is 0.0542. The van der Waals surface area contributed by atoms with Crippen LogP contribution in [0.3, 0.4) is 0 Å². The van der Waals surface area contributed by atoms with Crippen LogP contribution in [-0.2, 0) is 6.42 Å². The molecule has 1 amide bonds. The van der Waals surface area contributed by atoms with Gasteiger partial charge in [-0.1, -0.05) is 39.5 Å². The predicted molar refractivity (Wildman–Crippen MR) is 101 cm³/mol. The van der Waals surface area contributed by atoms with E-state index >= 15 is 0 Å². The fraction of sp³-hybridized carbons (Fsp3) is 0.727. The van der Waals surface area contributed by atoms with Crippen molar-refractivity contribution in [3.63, 3.8) is 0 Å². The molecule has 3 aliphatic rings. The monoisotopic (exact) mass is 357 g/mol. The number of nitrogens with zero attached hydrogens (tertiary/aromatic N) is 1. The van der Waals surface area contributed by atoms with Gasteiger partial charge in [0.05, 0.1) is 5.56 Å². The van der Waals surface area contributed by atoms with Gasteiger partial charge in [-0.25, -0.2) is 0 Å². The average molecular weight is 357 g/mol. The molecule has 0 atom stereocenters. The third kappa shape index (κ3) is 3.01. The summed E-state index contributed by atoms with van der Waals surface area (Å²) in [5.41, 5.74) is 1.36. The molecule has 2 saturated carbocycles. The molecule has 0 aromatic carbocycles. The summed E-state index contributed by atoms with van der Waals surface area (Å²) in [6, 6.07) is 0.693. The van der Waals surface area contributed by atoms with Crippen molar-refractivity contribution in [2.45, 2.75) is 97.1 Å². The van der Waals surface area contributed by atoms with Gasteiger partial charge < -0.3 is 9.32 Å². The Kier molecular flexibility index (Phi) is 4.48. The second-order valence-electron chi connectivity index (χ2n) is 9.38. The predicted octanol–water partition coefficient (Wildman–Crippen LogP) is 5.07. The quantitative estimate of drug-likeness (QED) is 0.759. The van der Waals surface area contributed by atoms with E-state index in [1.807, 2.05) is 6.92 Å². The Morgan fingerprint density at radius 2 is 1.54 bits per heavy atom. The van der Waals surface area contributed by atoms with E-state index in [9.17, 15) is 9.59 Å². The van der Waals surface area contributed by atoms with E-state index in [1.54, 1.807) is 0 Å². The lowest BCUT2D eigenvalue weighted by atomic mass is 9.76. The minimum Gasteiger partial charge on any atom is -0.455 e. The third-order valence-electron chi connectivity index (χ3n) is 6.64. The van der Waals surface area contributed by atoms with Gasteiger partial charge in [0.2, 0.25) is 0 Å². The first-order valence-corrected chi connectivity index (χ1v) is 10.4. The maximum atomic E-state index is 13.5. The molecule has 3 aliphatic carbocycles. The standard InChI is InChI=1S/C22H31NO3/c1-14-19-17(24)12-22(2,3)13-18(19)26-20(14)21(25)23(15-8-4-5-9-15)16-10-6-7-11-16/h15-16H,4-13H2,1-3H3. The molecule has 4 rings (SSSR count). The number of ketones is 1. The van der Waals surface area contributed by atoms with E-state index in [0.717, 1.165) is 43.4 Å². The summed E-state index contributed by atoms with van der Waals surface area (Å²) >= 11 is 0. The summed E-state index contributed by atoms with van der Waals surface area (Å²) < 4.78 is 6.09. The Morgan fingerprint density at radius 3 is 2.08 bits per heavy atom. The van der Waals surface area contributed by atoms with Gasteiger partial charge in [0.1, 0.15) is 5.76 Å². The summed E-state index contributed by atoms with van der Waals surface area (Å²) in [5, 5.41) is 0. The van der Waals surface area contributed by atoms with Gasteiger partial charge >= 0.3 is 0 Å². The lowest BCUT2D eigenvalue weighted by Crippen LogP contribution is -2.45. The van der Waals surface area contributed by atoms with Gasteiger partial charge in [-0.05, 0) is 38.0 Å². The highest BCUT2D eigenvalue weighted by Crippen LogP contribution is 2.40. The van der Waals surface area contributed by atoms with E-state index in [4.69, 9.17) is 4.42 Å². The molecular weight excluding hydrogens is 326 g/mol. The Labute approximate surface area is 156 Å². The largest absolute Gasteiger partial charge is 0.455 e. The van der Waals surface area contributed by atoms with Crippen LogP contribution < -0.4 is 0 Å². The van der Waals surface area contributed by atoms with Gasteiger partial charge in [-0.15, -0.1) is 0 Å². The second kappa shape index (κ2) is 6.54. The number of carbonyl (C=O) groups excluding carboxylic acids is 2.